The summed E-state index contributed by atoms with van der Waals surface area (Å²) >= 11 is 3.39. The molecule has 1 aromatic carbocycles. The van der Waals surface area contributed by atoms with Crippen molar-refractivity contribution < 1.29 is 14.3 Å². The van der Waals surface area contributed by atoms with E-state index in [0.29, 0.717) is 22.5 Å². The lowest BCUT2D eigenvalue weighted by Crippen LogP contribution is -2.20. The number of carbonyl (C=O) groups excluding carboxylic acids is 1. The Balaban J connectivity index is 2.87. The first kappa shape index (κ1) is 15.5. The lowest BCUT2D eigenvalue weighted by atomic mass is 10.2. The number of benzene rings is 1. The molecule has 0 heterocycles. The normalized spacial score (nSPS) is 10.0. The van der Waals surface area contributed by atoms with Gasteiger partial charge in [-0.3, -0.25) is 4.79 Å². The van der Waals surface area contributed by atoms with E-state index in [1.807, 2.05) is 12.1 Å². The molecule has 104 valence electrons. The van der Waals surface area contributed by atoms with Crippen LogP contribution in [0.5, 0.6) is 11.5 Å². The molecular weight excluding hydrogens is 312 g/mol. The van der Waals surface area contributed by atoms with Crippen molar-refractivity contribution in [3.05, 3.63) is 34.8 Å². The quantitative estimate of drug-likeness (QED) is 0.561. The molecule has 1 aromatic rings. The van der Waals surface area contributed by atoms with Crippen LogP contribution in [0.3, 0.4) is 0 Å². The molecule has 0 atom stereocenters. The van der Waals surface area contributed by atoms with Gasteiger partial charge >= 0.3 is 0 Å². The van der Waals surface area contributed by atoms with E-state index in [1.165, 1.54) is 0 Å². The second kappa shape index (κ2) is 7.81. The highest BCUT2D eigenvalue weighted by Crippen LogP contribution is 2.36. The molecule has 0 saturated carbocycles. The number of halogens is 1. The van der Waals surface area contributed by atoms with Crippen molar-refractivity contribution in [2.24, 2.45) is 5.73 Å². The molecular formula is C13H17BrN2O3. The summed E-state index contributed by atoms with van der Waals surface area (Å²) in [4.78, 5) is 10.7. The highest BCUT2D eigenvalue weighted by molar-refractivity contribution is 9.10. The van der Waals surface area contributed by atoms with Gasteiger partial charge in [0.1, 0.15) is 0 Å². The fraction of sp³-hybridized carbons (Fsp3) is 0.308. The van der Waals surface area contributed by atoms with E-state index in [-0.39, 0.29) is 6.61 Å². The third-order valence-corrected chi connectivity index (χ3v) is 2.85. The van der Waals surface area contributed by atoms with Crippen LogP contribution in [0.15, 0.2) is 29.3 Å². The molecule has 0 saturated heterocycles. The highest BCUT2D eigenvalue weighted by Gasteiger charge is 2.12. The topological polar surface area (TPSA) is 73.6 Å². The van der Waals surface area contributed by atoms with Gasteiger partial charge in [-0.1, -0.05) is 6.08 Å². The van der Waals surface area contributed by atoms with Crippen LogP contribution >= 0.6 is 15.9 Å². The Morgan fingerprint density at radius 3 is 2.89 bits per heavy atom. The van der Waals surface area contributed by atoms with Gasteiger partial charge in [-0.15, -0.1) is 6.58 Å². The van der Waals surface area contributed by atoms with Gasteiger partial charge in [0, 0.05) is 13.1 Å². The monoisotopic (exact) mass is 328 g/mol. The smallest absolute Gasteiger partial charge is 0.255 e. The molecule has 0 aliphatic rings. The van der Waals surface area contributed by atoms with Crippen molar-refractivity contribution in [2.75, 3.05) is 20.3 Å². The number of ether oxygens (including phenoxy) is 2. The number of nitrogens with two attached hydrogens (primary N) is 1. The minimum Gasteiger partial charge on any atom is -0.493 e. The number of amides is 1. The number of hydrogen-bond acceptors (Lipinski definition) is 4. The molecule has 0 spiro atoms. The molecule has 3 N–H and O–H groups in total. The Kier molecular flexibility index (Phi) is 6.38. The standard InChI is InChI=1S/C13H17BrN2O3/c1-3-4-16-7-9-5-10(14)13(11(6-9)18-2)19-8-12(15)17/h3,5-6,16H,1,4,7-8H2,2H3,(H2,15,17). The molecule has 1 amide bonds. The molecule has 19 heavy (non-hydrogen) atoms. The van der Waals surface area contributed by atoms with Gasteiger partial charge in [-0.2, -0.15) is 0 Å². The maximum Gasteiger partial charge on any atom is 0.255 e. The van der Waals surface area contributed by atoms with E-state index < -0.39 is 5.91 Å². The summed E-state index contributed by atoms with van der Waals surface area (Å²) in [7, 11) is 1.54. The van der Waals surface area contributed by atoms with Gasteiger partial charge in [0.25, 0.3) is 5.91 Å². The largest absolute Gasteiger partial charge is 0.493 e. The maximum atomic E-state index is 10.7. The molecule has 1 rings (SSSR count). The Morgan fingerprint density at radius 1 is 1.58 bits per heavy atom. The van der Waals surface area contributed by atoms with Crippen LogP contribution < -0.4 is 20.5 Å². The summed E-state index contributed by atoms with van der Waals surface area (Å²) in [6.45, 7) is 4.85. The maximum absolute atomic E-state index is 10.7. The lowest BCUT2D eigenvalue weighted by Gasteiger charge is -2.13. The number of hydrogen-bond donors (Lipinski definition) is 2. The molecule has 0 radical (unpaired) electrons. The van der Waals surface area contributed by atoms with E-state index in [9.17, 15) is 4.79 Å². The fourth-order valence-corrected chi connectivity index (χ4v) is 2.08. The van der Waals surface area contributed by atoms with Crippen LogP contribution in [-0.4, -0.2) is 26.2 Å². The number of nitrogens with one attached hydrogen (secondary N) is 1. The van der Waals surface area contributed by atoms with Gasteiger partial charge < -0.3 is 20.5 Å². The second-order valence-corrected chi connectivity index (χ2v) is 4.64. The summed E-state index contributed by atoms with van der Waals surface area (Å²) in [5.41, 5.74) is 6.08. The molecule has 6 heteroatoms. The van der Waals surface area contributed by atoms with Crippen molar-refractivity contribution in [3.63, 3.8) is 0 Å². The SMILES string of the molecule is C=CCNCc1cc(Br)c(OCC(N)=O)c(OC)c1. The van der Waals surface area contributed by atoms with Gasteiger partial charge in [-0.25, -0.2) is 0 Å². The van der Waals surface area contributed by atoms with Gasteiger partial charge in [-0.05, 0) is 33.6 Å². The van der Waals surface area contributed by atoms with Crippen molar-refractivity contribution >= 4 is 21.8 Å². The Bertz CT molecular complexity index is 463. The Hall–Kier alpha value is -1.53. The van der Waals surface area contributed by atoms with Crippen molar-refractivity contribution in [1.82, 2.24) is 5.32 Å². The van der Waals surface area contributed by atoms with E-state index in [1.54, 1.807) is 13.2 Å². The average Bonchev–Trinajstić information content (AvgIpc) is 2.37. The second-order valence-electron chi connectivity index (χ2n) is 3.78. The molecule has 0 fully saturated rings. The summed E-state index contributed by atoms with van der Waals surface area (Å²) in [5.74, 6) is 0.477. The van der Waals surface area contributed by atoms with Crippen LogP contribution in [0.25, 0.3) is 0 Å². The molecule has 0 aliphatic carbocycles. The highest BCUT2D eigenvalue weighted by atomic mass is 79.9. The van der Waals surface area contributed by atoms with Gasteiger partial charge in [0.05, 0.1) is 11.6 Å². The first-order valence-electron chi connectivity index (χ1n) is 5.67. The fourth-order valence-electron chi connectivity index (χ4n) is 1.48. The zero-order chi connectivity index (χ0) is 14.3. The number of primary amides is 1. The number of carbonyl (C=O) groups is 1. The predicted octanol–water partition coefficient (Wildman–Crippen LogP) is 1.60. The third kappa shape index (κ3) is 4.92. The third-order valence-electron chi connectivity index (χ3n) is 2.27. The van der Waals surface area contributed by atoms with E-state index in [2.05, 4.69) is 27.8 Å². The molecule has 0 unspecified atom stereocenters. The Morgan fingerprint density at radius 2 is 2.32 bits per heavy atom. The predicted molar refractivity (Wildman–Crippen MR) is 77.3 cm³/mol. The molecule has 0 aliphatic heterocycles. The molecule has 5 nitrogen and oxygen atoms in total. The zero-order valence-corrected chi connectivity index (χ0v) is 12.3. The summed E-state index contributed by atoms with van der Waals surface area (Å²) in [6.07, 6.45) is 1.79. The minimum atomic E-state index is -0.536. The van der Waals surface area contributed by atoms with Crippen LogP contribution in [0, 0.1) is 0 Å². The summed E-state index contributed by atoms with van der Waals surface area (Å²) < 4.78 is 11.3. The van der Waals surface area contributed by atoms with E-state index in [0.717, 1.165) is 12.1 Å². The lowest BCUT2D eigenvalue weighted by molar-refractivity contribution is -0.119. The van der Waals surface area contributed by atoms with Crippen molar-refractivity contribution in [1.29, 1.82) is 0 Å². The van der Waals surface area contributed by atoms with Crippen molar-refractivity contribution in [3.8, 4) is 11.5 Å². The van der Waals surface area contributed by atoms with Gasteiger partial charge in [0.2, 0.25) is 0 Å². The number of methoxy groups -OCH3 is 1. The van der Waals surface area contributed by atoms with E-state index >= 15 is 0 Å². The summed E-state index contributed by atoms with van der Waals surface area (Å²) in [5, 5.41) is 3.19. The summed E-state index contributed by atoms with van der Waals surface area (Å²) in [6, 6.07) is 3.74. The first-order chi connectivity index (χ1) is 9.08. The molecule has 0 aromatic heterocycles. The minimum absolute atomic E-state index is 0.191. The average molecular weight is 329 g/mol. The zero-order valence-electron chi connectivity index (χ0n) is 10.7. The van der Waals surface area contributed by atoms with Crippen LogP contribution in [-0.2, 0) is 11.3 Å². The number of rotatable bonds is 8. The Labute approximate surface area is 120 Å². The van der Waals surface area contributed by atoms with Crippen LogP contribution in [0.2, 0.25) is 0 Å². The molecule has 0 bridgehead atoms. The van der Waals surface area contributed by atoms with Crippen LogP contribution in [0.1, 0.15) is 5.56 Å². The first-order valence-corrected chi connectivity index (χ1v) is 6.47. The van der Waals surface area contributed by atoms with Crippen LogP contribution in [0.4, 0.5) is 0 Å². The van der Waals surface area contributed by atoms with E-state index in [4.69, 9.17) is 15.2 Å². The van der Waals surface area contributed by atoms with Crippen molar-refractivity contribution in [2.45, 2.75) is 6.54 Å². The van der Waals surface area contributed by atoms with Gasteiger partial charge in [0.15, 0.2) is 18.1 Å².